The summed E-state index contributed by atoms with van der Waals surface area (Å²) in [4.78, 5) is 24.7. The van der Waals surface area contributed by atoms with Gasteiger partial charge in [0.25, 0.3) is 0 Å². The van der Waals surface area contributed by atoms with Crippen molar-refractivity contribution in [2.24, 2.45) is 0 Å². The third-order valence-corrected chi connectivity index (χ3v) is 4.99. The highest BCUT2D eigenvalue weighted by Gasteiger charge is 2.05. The maximum absolute atomic E-state index is 11.2. The number of rotatable bonds is 20. The molecule has 0 aliphatic heterocycles. The highest BCUT2D eigenvalue weighted by atomic mass is 16.2. The van der Waals surface area contributed by atoms with Gasteiger partial charge in [-0.3, -0.25) is 9.59 Å². The summed E-state index contributed by atoms with van der Waals surface area (Å²) in [6, 6.07) is 0. The monoisotopic (exact) mass is 395 g/mol. The van der Waals surface area contributed by atoms with Crippen molar-refractivity contribution >= 4 is 11.8 Å². The van der Waals surface area contributed by atoms with Gasteiger partial charge in [-0.05, 0) is 45.0 Å². The topological polar surface area (TPSA) is 61.4 Å². The minimum atomic E-state index is -0.105. The van der Waals surface area contributed by atoms with Crippen LogP contribution in [0.25, 0.3) is 0 Å². The zero-order valence-electron chi connectivity index (χ0n) is 18.6. The first-order chi connectivity index (χ1) is 13.6. The largest absolute Gasteiger partial charge is 0.356 e. The van der Waals surface area contributed by atoms with Gasteiger partial charge in [-0.1, -0.05) is 71.3 Å². The standard InChI is InChI=1S/C23H45N3O2/c1-4-6-7-8-9-10-11-12-13-14-19-26(20-15-17-24-22(3)27)21-16-18-25-23(28)5-2/h5H,2,4,6-21H2,1,3H3,(H,24,27)(H,25,28). The summed E-state index contributed by atoms with van der Waals surface area (Å²) in [6.07, 6.45) is 16.7. The first-order valence-electron chi connectivity index (χ1n) is 11.5. The molecule has 0 saturated heterocycles. The van der Waals surface area contributed by atoms with E-state index in [2.05, 4.69) is 29.0 Å². The maximum Gasteiger partial charge on any atom is 0.243 e. The Balaban J connectivity index is 3.84. The highest BCUT2D eigenvalue weighted by Crippen LogP contribution is 2.11. The molecule has 0 aromatic heterocycles. The number of amides is 2. The molecule has 0 heterocycles. The Morgan fingerprint density at radius 3 is 1.71 bits per heavy atom. The van der Waals surface area contributed by atoms with Crippen LogP contribution in [-0.4, -0.2) is 49.4 Å². The molecule has 0 bridgehead atoms. The zero-order chi connectivity index (χ0) is 20.9. The van der Waals surface area contributed by atoms with E-state index in [0.717, 1.165) is 39.0 Å². The molecule has 0 aliphatic rings. The molecule has 0 atom stereocenters. The molecule has 0 aromatic rings. The van der Waals surface area contributed by atoms with E-state index in [4.69, 9.17) is 0 Å². The van der Waals surface area contributed by atoms with E-state index in [1.165, 1.54) is 70.3 Å². The molecule has 164 valence electrons. The lowest BCUT2D eigenvalue weighted by Crippen LogP contribution is -2.32. The zero-order valence-corrected chi connectivity index (χ0v) is 18.6. The second-order valence-electron chi connectivity index (χ2n) is 7.71. The Hall–Kier alpha value is -1.36. The first kappa shape index (κ1) is 26.6. The molecule has 0 unspecified atom stereocenters. The van der Waals surface area contributed by atoms with Crippen molar-refractivity contribution in [3.63, 3.8) is 0 Å². The molecule has 0 radical (unpaired) electrons. The Morgan fingerprint density at radius 1 is 0.750 bits per heavy atom. The van der Waals surface area contributed by atoms with Gasteiger partial charge >= 0.3 is 0 Å². The summed E-state index contributed by atoms with van der Waals surface area (Å²) >= 11 is 0. The number of nitrogens with zero attached hydrogens (tertiary/aromatic N) is 1. The van der Waals surface area contributed by atoms with Gasteiger partial charge in [0, 0.05) is 20.0 Å². The van der Waals surface area contributed by atoms with Crippen LogP contribution in [0.15, 0.2) is 12.7 Å². The molecule has 5 nitrogen and oxygen atoms in total. The van der Waals surface area contributed by atoms with E-state index in [1.54, 1.807) is 6.92 Å². The van der Waals surface area contributed by atoms with Crippen LogP contribution in [0.5, 0.6) is 0 Å². The molecule has 2 amide bonds. The molecule has 0 aliphatic carbocycles. The van der Waals surface area contributed by atoms with E-state index in [-0.39, 0.29) is 11.8 Å². The van der Waals surface area contributed by atoms with Crippen molar-refractivity contribution in [2.75, 3.05) is 32.7 Å². The minimum Gasteiger partial charge on any atom is -0.356 e. The molecule has 0 fully saturated rings. The number of hydrogen-bond acceptors (Lipinski definition) is 3. The van der Waals surface area contributed by atoms with E-state index in [9.17, 15) is 9.59 Å². The van der Waals surface area contributed by atoms with E-state index in [1.807, 2.05) is 0 Å². The summed E-state index contributed by atoms with van der Waals surface area (Å²) < 4.78 is 0. The molecule has 2 N–H and O–H groups in total. The molecule has 28 heavy (non-hydrogen) atoms. The van der Waals surface area contributed by atoms with Crippen molar-refractivity contribution in [2.45, 2.75) is 90.9 Å². The van der Waals surface area contributed by atoms with Gasteiger partial charge in [-0.2, -0.15) is 0 Å². The minimum absolute atomic E-state index is 0.0355. The second kappa shape index (κ2) is 20.4. The fourth-order valence-corrected chi connectivity index (χ4v) is 3.31. The van der Waals surface area contributed by atoms with Crippen molar-refractivity contribution in [1.29, 1.82) is 0 Å². The van der Waals surface area contributed by atoms with Gasteiger partial charge in [-0.15, -0.1) is 0 Å². The number of hydrogen-bond donors (Lipinski definition) is 2. The fourth-order valence-electron chi connectivity index (χ4n) is 3.31. The van der Waals surface area contributed by atoms with Crippen molar-refractivity contribution in [1.82, 2.24) is 15.5 Å². The third-order valence-electron chi connectivity index (χ3n) is 4.99. The van der Waals surface area contributed by atoms with Crippen LogP contribution in [0.1, 0.15) is 90.9 Å². The lowest BCUT2D eigenvalue weighted by Gasteiger charge is -2.22. The summed E-state index contributed by atoms with van der Waals surface area (Å²) in [5.41, 5.74) is 0. The van der Waals surface area contributed by atoms with Crippen LogP contribution in [0.3, 0.4) is 0 Å². The van der Waals surface area contributed by atoms with Crippen LogP contribution in [-0.2, 0) is 9.59 Å². The predicted octanol–water partition coefficient (Wildman–Crippen LogP) is 4.43. The van der Waals surface area contributed by atoms with Gasteiger partial charge in [0.05, 0.1) is 0 Å². The van der Waals surface area contributed by atoms with Gasteiger partial charge < -0.3 is 15.5 Å². The fraction of sp³-hybridized carbons (Fsp3) is 0.826. The van der Waals surface area contributed by atoms with Crippen LogP contribution < -0.4 is 10.6 Å². The van der Waals surface area contributed by atoms with Gasteiger partial charge in [0.2, 0.25) is 11.8 Å². The molecular formula is C23H45N3O2. The molecule has 0 spiro atoms. The summed E-state index contributed by atoms with van der Waals surface area (Å²) in [5.74, 6) is -0.0692. The Kier molecular flexibility index (Phi) is 19.4. The Morgan fingerprint density at radius 2 is 1.21 bits per heavy atom. The molecule has 0 aromatic carbocycles. The number of unbranched alkanes of at least 4 members (excludes halogenated alkanes) is 9. The number of carbonyl (C=O) groups is 2. The van der Waals surface area contributed by atoms with E-state index >= 15 is 0 Å². The molecule has 0 saturated carbocycles. The predicted molar refractivity (Wildman–Crippen MR) is 119 cm³/mol. The van der Waals surface area contributed by atoms with Gasteiger partial charge in [0.1, 0.15) is 0 Å². The van der Waals surface area contributed by atoms with Crippen LogP contribution in [0.2, 0.25) is 0 Å². The number of carbonyl (C=O) groups excluding carboxylic acids is 2. The van der Waals surface area contributed by atoms with Crippen molar-refractivity contribution in [3.05, 3.63) is 12.7 Å². The van der Waals surface area contributed by atoms with Crippen LogP contribution in [0, 0.1) is 0 Å². The smallest absolute Gasteiger partial charge is 0.243 e. The normalized spacial score (nSPS) is 10.8. The lowest BCUT2D eigenvalue weighted by atomic mass is 10.1. The average Bonchev–Trinajstić information content (AvgIpc) is 2.68. The average molecular weight is 396 g/mol. The van der Waals surface area contributed by atoms with E-state index in [0.29, 0.717) is 6.54 Å². The quantitative estimate of drug-likeness (QED) is 0.237. The Bertz CT molecular complexity index is 399. The lowest BCUT2D eigenvalue weighted by molar-refractivity contribution is -0.119. The first-order valence-corrected chi connectivity index (χ1v) is 11.5. The molecular weight excluding hydrogens is 350 g/mol. The number of nitrogens with one attached hydrogen (secondary N) is 2. The Labute approximate surface area is 173 Å². The molecule has 5 heteroatoms. The van der Waals surface area contributed by atoms with Crippen LogP contribution >= 0.6 is 0 Å². The second-order valence-corrected chi connectivity index (χ2v) is 7.71. The summed E-state index contributed by atoms with van der Waals surface area (Å²) in [6.45, 7) is 11.8. The molecule has 0 rings (SSSR count). The van der Waals surface area contributed by atoms with Crippen molar-refractivity contribution < 1.29 is 9.59 Å². The highest BCUT2D eigenvalue weighted by molar-refractivity contribution is 5.86. The summed E-state index contributed by atoms with van der Waals surface area (Å²) in [7, 11) is 0. The SMILES string of the molecule is C=CC(=O)NCCCN(CCCCCCCCCCCC)CCCNC(C)=O. The van der Waals surface area contributed by atoms with Gasteiger partial charge in [-0.25, -0.2) is 0 Å². The summed E-state index contributed by atoms with van der Waals surface area (Å²) in [5, 5.41) is 5.70. The van der Waals surface area contributed by atoms with E-state index < -0.39 is 0 Å². The van der Waals surface area contributed by atoms with Crippen LogP contribution in [0.4, 0.5) is 0 Å². The maximum atomic E-state index is 11.2. The van der Waals surface area contributed by atoms with Crippen molar-refractivity contribution in [3.8, 4) is 0 Å². The van der Waals surface area contributed by atoms with Gasteiger partial charge in [0.15, 0.2) is 0 Å². The third kappa shape index (κ3) is 19.4.